The van der Waals surface area contributed by atoms with Gasteiger partial charge in [0.05, 0.1) is 31.2 Å². The molecule has 3 unspecified atom stereocenters. The van der Waals surface area contributed by atoms with Crippen LogP contribution in [-0.2, 0) is 15.7 Å². The number of hydrogen-bond acceptors (Lipinski definition) is 4. The Hall–Kier alpha value is -1.93. The van der Waals surface area contributed by atoms with E-state index >= 15 is 0 Å². The number of esters is 1. The predicted octanol–water partition coefficient (Wildman–Crippen LogP) is 4.52. The summed E-state index contributed by atoms with van der Waals surface area (Å²) in [6.07, 6.45) is 1.13. The highest BCUT2D eigenvalue weighted by molar-refractivity contribution is 6.38. The van der Waals surface area contributed by atoms with E-state index in [1.807, 2.05) is 0 Å². The van der Waals surface area contributed by atoms with E-state index in [0.29, 0.717) is 11.4 Å². The minimum absolute atomic E-state index is 0.0251. The fourth-order valence-electron chi connectivity index (χ4n) is 5.15. The molecule has 1 aromatic carbocycles. The maximum absolute atomic E-state index is 13.5. The molecule has 4 rings (SSSR count). The number of rotatable bonds is 4. The van der Waals surface area contributed by atoms with Gasteiger partial charge in [0.1, 0.15) is 6.04 Å². The molecule has 3 aliphatic rings. The monoisotopic (exact) mass is 410 g/mol. The molecule has 8 heteroatoms. The molecular formula is C21H27F3N3O2+. The first-order chi connectivity index (χ1) is 13.9. The van der Waals surface area contributed by atoms with E-state index < -0.39 is 17.7 Å². The first kappa shape index (κ1) is 20.3. The average Bonchev–Trinajstić information content (AvgIpc) is 3.35. The minimum Gasteiger partial charge on any atom is -0.461 e. The fourth-order valence-corrected chi connectivity index (χ4v) is 5.15. The Bertz CT molecular complexity index is 805. The van der Waals surface area contributed by atoms with Gasteiger partial charge in [0.15, 0.2) is 11.4 Å². The lowest BCUT2D eigenvalue weighted by molar-refractivity contribution is -0.138. The number of alkyl halides is 3. The van der Waals surface area contributed by atoms with Crippen molar-refractivity contribution in [1.29, 1.82) is 0 Å². The number of nitrogens with zero attached hydrogens (tertiary/aromatic N) is 3. The highest BCUT2D eigenvalue weighted by atomic mass is 19.4. The first-order valence-corrected chi connectivity index (χ1v) is 10.5. The Morgan fingerprint density at radius 2 is 1.93 bits per heavy atom. The van der Waals surface area contributed by atoms with E-state index in [-0.39, 0.29) is 23.3 Å². The van der Waals surface area contributed by atoms with Crippen LogP contribution in [0.15, 0.2) is 29.4 Å². The third-order valence-electron chi connectivity index (χ3n) is 6.36. The summed E-state index contributed by atoms with van der Waals surface area (Å²) in [5, 5.41) is 7.04. The number of fused-ring (bicyclic) bond motifs is 1. The van der Waals surface area contributed by atoms with Gasteiger partial charge in [-0.25, -0.2) is 4.79 Å². The summed E-state index contributed by atoms with van der Waals surface area (Å²) in [5.41, 5.74) is 0.192. The Morgan fingerprint density at radius 1 is 1.21 bits per heavy atom. The Morgan fingerprint density at radius 3 is 2.62 bits per heavy atom. The van der Waals surface area contributed by atoms with E-state index in [4.69, 9.17) is 9.84 Å². The second kappa shape index (κ2) is 7.72. The summed E-state index contributed by atoms with van der Waals surface area (Å²) in [6, 6.07) is 5.40. The van der Waals surface area contributed by atoms with Crippen molar-refractivity contribution in [3.63, 3.8) is 0 Å². The summed E-state index contributed by atoms with van der Waals surface area (Å²) < 4.78 is 45.6. The van der Waals surface area contributed by atoms with Crippen molar-refractivity contribution < 1.29 is 22.7 Å². The van der Waals surface area contributed by atoms with Gasteiger partial charge in [-0.15, -0.1) is 5.01 Å². The molecule has 1 saturated heterocycles. The molecule has 1 aromatic rings. The number of carbonyl (C=O) groups is 1. The van der Waals surface area contributed by atoms with E-state index in [9.17, 15) is 18.0 Å². The molecule has 1 saturated carbocycles. The SMILES string of the molecule is CCOC(=O)C1=N[N+](c2cccc(C(F)(F)F)c2)(N2CCCC2)C2CCCCC12. The highest BCUT2D eigenvalue weighted by Gasteiger charge is 2.59. The van der Waals surface area contributed by atoms with E-state index in [0.717, 1.165) is 57.7 Å². The third kappa shape index (κ3) is 3.46. The first-order valence-electron chi connectivity index (χ1n) is 10.5. The smallest absolute Gasteiger partial charge is 0.416 e. The number of carbonyl (C=O) groups excluding carboxylic acids is 1. The molecule has 0 bridgehead atoms. The number of hydrogen-bond donors (Lipinski definition) is 0. The molecule has 0 radical (unpaired) electrons. The summed E-state index contributed by atoms with van der Waals surface area (Å²) in [5.74, 6) is -0.520. The Balaban J connectivity index is 1.88. The van der Waals surface area contributed by atoms with Gasteiger partial charge in [-0.05, 0) is 38.7 Å². The van der Waals surface area contributed by atoms with Crippen molar-refractivity contribution in [2.24, 2.45) is 11.0 Å². The minimum atomic E-state index is -4.43. The molecule has 0 amide bonds. The van der Waals surface area contributed by atoms with Gasteiger partial charge < -0.3 is 4.74 Å². The van der Waals surface area contributed by atoms with Crippen molar-refractivity contribution in [1.82, 2.24) is 9.71 Å². The van der Waals surface area contributed by atoms with Crippen LogP contribution >= 0.6 is 0 Å². The van der Waals surface area contributed by atoms with Gasteiger partial charge in [0.2, 0.25) is 0 Å². The van der Waals surface area contributed by atoms with Crippen LogP contribution < -0.4 is 4.70 Å². The number of quaternary nitrogens is 1. The van der Waals surface area contributed by atoms with Crippen molar-refractivity contribution in [3.05, 3.63) is 29.8 Å². The molecular weight excluding hydrogens is 383 g/mol. The molecule has 2 aliphatic heterocycles. The van der Waals surface area contributed by atoms with Crippen LogP contribution in [0.1, 0.15) is 51.0 Å². The number of halogens is 3. The second-order valence-electron chi connectivity index (χ2n) is 8.02. The summed E-state index contributed by atoms with van der Waals surface area (Å²) in [7, 11) is 0. The zero-order valence-corrected chi connectivity index (χ0v) is 16.6. The molecule has 3 atom stereocenters. The molecule has 5 nitrogen and oxygen atoms in total. The predicted molar refractivity (Wildman–Crippen MR) is 104 cm³/mol. The van der Waals surface area contributed by atoms with Crippen LogP contribution in [0.2, 0.25) is 0 Å². The van der Waals surface area contributed by atoms with Crippen molar-refractivity contribution in [3.8, 4) is 0 Å². The van der Waals surface area contributed by atoms with Gasteiger partial charge >= 0.3 is 12.1 Å². The zero-order chi connectivity index (χ0) is 20.6. The van der Waals surface area contributed by atoms with Crippen LogP contribution in [0.25, 0.3) is 0 Å². The molecule has 0 aromatic heterocycles. The molecule has 1 aliphatic carbocycles. The normalized spacial score (nSPS) is 30.1. The van der Waals surface area contributed by atoms with E-state index in [1.165, 1.54) is 12.1 Å². The third-order valence-corrected chi connectivity index (χ3v) is 6.36. The summed E-state index contributed by atoms with van der Waals surface area (Å²) in [4.78, 5) is 12.7. The molecule has 0 N–H and O–H groups in total. The van der Waals surface area contributed by atoms with Crippen molar-refractivity contribution in [2.75, 3.05) is 19.7 Å². The standard InChI is InChI=1S/C21H27F3N3O2/c1-2-29-20(28)19-17-10-3-4-11-18(17)27(25-19,26-12-5-6-13-26)16-9-7-8-15(14-16)21(22,23)24/h7-9,14,17-18H,2-6,10-13H2,1H3/q+1. The Kier molecular flexibility index (Phi) is 5.42. The molecule has 2 fully saturated rings. The van der Waals surface area contributed by atoms with Crippen LogP contribution in [-0.4, -0.2) is 42.4 Å². The summed E-state index contributed by atoms with van der Waals surface area (Å²) in [6.45, 7) is 3.50. The van der Waals surface area contributed by atoms with Gasteiger partial charge in [-0.3, -0.25) is 0 Å². The van der Waals surface area contributed by atoms with Gasteiger partial charge in [-0.2, -0.15) is 13.2 Å². The maximum atomic E-state index is 13.5. The maximum Gasteiger partial charge on any atom is 0.416 e. The molecule has 158 valence electrons. The number of ether oxygens (including phenoxy) is 1. The van der Waals surface area contributed by atoms with Crippen molar-refractivity contribution in [2.45, 2.75) is 57.7 Å². The molecule has 29 heavy (non-hydrogen) atoms. The van der Waals surface area contributed by atoms with Crippen LogP contribution in [0.3, 0.4) is 0 Å². The van der Waals surface area contributed by atoms with E-state index in [1.54, 1.807) is 13.0 Å². The number of benzene rings is 1. The lowest BCUT2D eigenvalue weighted by Gasteiger charge is -2.43. The van der Waals surface area contributed by atoms with Gasteiger partial charge in [-0.1, -0.05) is 22.3 Å². The topological polar surface area (TPSA) is 41.9 Å². The van der Waals surface area contributed by atoms with Gasteiger partial charge in [0.25, 0.3) is 0 Å². The van der Waals surface area contributed by atoms with Crippen LogP contribution in [0, 0.1) is 5.92 Å². The molecule has 0 spiro atoms. The van der Waals surface area contributed by atoms with E-state index in [2.05, 4.69) is 5.01 Å². The summed E-state index contributed by atoms with van der Waals surface area (Å²) >= 11 is 0. The second-order valence-corrected chi connectivity index (χ2v) is 8.02. The van der Waals surface area contributed by atoms with Crippen molar-refractivity contribution >= 4 is 17.4 Å². The lowest BCUT2D eigenvalue weighted by Crippen LogP contribution is -2.62. The van der Waals surface area contributed by atoms with Crippen LogP contribution in [0.4, 0.5) is 18.9 Å². The lowest BCUT2D eigenvalue weighted by atomic mass is 9.81. The highest BCUT2D eigenvalue weighted by Crippen LogP contribution is 2.47. The average molecular weight is 410 g/mol. The zero-order valence-electron chi connectivity index (χ0n) is 16.6. The largest absolute Gasteiger partial charge is 0.461 e. The molecule has 2 heterocycles. The quantitative estimate of drug-likeness (QED) is 0.542. The fraction of sp³-hybridized carbons (Fsp3) is 0.619. The van der Waals surface area contributed by atoms with Crippen LogP contribution in [0.5, 0.6) is 0 Å². The Labute approximate surface area is 168 Å². The van der Waals surface area contributed by atoms with Gasteiger partial charge in [0, 0.05) is 18.6 Å².